The lowest BCUT2D eigenvalue weighted by Crippen LogP contribution is -2.15. The lowest BCUT2D eigenvalue weighted by Gasteiger charge is -2.18. The van der Waals surface area contributed by atoms with Gasteiger partial charge in [-0.25, -0.2) is 0 Å². The Bertz CT molecular complexity index is 565. The van der Waals surface area contributed by atoms with Crippen LogP contribution in [0.1, 0.15) is 35.9 Å². The van der Waals surface area contributed by atoms with E-state index in [1.54, 1.807) is 11.3 Å². The number of halogens is 1. The molecule has 1 atom stereocenters. The Morgan fingerprint density at radius 1 is 1.26 bits per heavy atom. The molecule has 1 aromatic carbocycles. The molecule has 102 valence electrons. The second-order valence-corrected chi connectivity index (χ2v) is 6.07. The minimum Gasteiger partial charge on any atom is -0.491 e. The molecule has 0 fully saturated rings. The highest BCUT2D eigenvalue weighted by molar-refractivity contribution is 7.10. The molecule has 0 amide bonds. The van der Waals surface area contributed by atoms with Crippen LogP contribution in [0.25, 0.3) is 0 Å². The topological polar surface area (TPSA) is 35.2 Å². The van der Waals surface area contributed by atoms with E-state index in [-0.39, 0.29) is 12.1 Å². The van der Waals surface area contributed by atoms with Gasteiger partial charge in [0, 0.05) is 10.4 Å². The van der Waals surface area contributed by atoms with Crippen LogP contribution in [0.4, 0.5) is 0 Å². The molecular formula is C15H18ClNOS. The fourth-order valence-electron chi connectivity index (χ4n) is 1.90. The summed E-state index contributed by atoms with van der Waals surface area (Å²) in [5.74, 6) is 0.826. The van der Waals surface area contributed by atoms with Crippen molar-refractivity contribution in [2.75, 3.05) is 0 Å². The number of hydrogen-bond donors (Lipinski definition) is 1. The normalized spacial score (nSPS) is 12.7. The fourth-order valence-corrected chi connectivity index (χ4v) is 3.23. The molecule has 0 bridgehead atoms. The minimum atomic E-state index is -0.249. The number of ether oxygens (including phenoxy) is 1. The van der Waals surface area contributed by atoms with E-state index < -0.39 is 0 Å². The molecule has 0 saturated carbocycles. The molecule has 0 saturated heterocycles. The third-order valence-corrected chi connectivity index (χ3v) is 4.62. The predicted molar refractivity (Wildman–Crippen MR) is 82.3 cm³/mol. The first-order valence-electron chi connectivity index (χ1n) is 6.25. The van der Waals surface area contributed by atoms with Crippen molar-refractivity contribution < 1.29 is 4.74 Å². The molecule has 2 N–H and O–H groups in total. The Morgan fingerprint density at radius 2 is 1.95 bits per heavy atom. The van der Waals surface area contributed by atoms with Gasteiger partial charge in [0.2, 0.25) is 0 Å². The molecule has 0 aliphatic rings. The first-order valence-corrected chi connectivity index (χ1v) is 7.51. The maximum atomic E-state index is 6.35. The standard InChI is InChI=1S/C15H18ClNOS/c1-9(2)18-12-7-5-4-6-11(12)14(17)15-13(16)10(3)8-19-15/h4-9,14H,17H2,1-3H3. The van der Waals surface area contributed by atoms with Crippen LogP contribution in [0, 0.1) is 6.92 Å². The van der Waals surface area contributed by atoms with Gasteiger partial charge in [0.15, 0.2) is 0 Å². The molecule has 19 heavy (non-hydrogen) atoms. The highest BCUT2D eigenvalue weighted by Crippen LogP contribution is 2.37. The SMILES string of the molecule is Cc1csc(C(N)c2ccccc2OC(C)C)c1Cl. The number of nitrogens with two attached hydrogens (primary N) is 1. The highest BCUT2D eigenvalue weighted by atomic mass is 35.5. The van der Waals surface area contributed by atoms with E-state index in [1.165, 1.54) is 0 Å². The van der Waals surface area contributed by atoms with Crippen LogP contribution < -0.4 is 10.5 Å². The molecular weight excluding hydrogens is 278 g/mol. The van der Waals surface area contributed by atoms with Crippen molar-refractivity contribution >= 4 is 22.9 Å². The summed E-state index contributed by atoms with van der Waals surface area (Å²) in [5, 5.41) is 2.79. The van der Waals surface area contributed by atoms with E-state index in [4.69, 9.17) is 22.1 Å². The first kappa shape index (κ1) is 14.4. The first-order chi connectivity index (χ1) is 9.00. The molecule has 2 rings (SSSR count). The van der Waals surface area contributed by atoms with Crippen LogP contribution in [0.15, 0.2) is 29.6 Å². The smallest absolute Gasteiger partial charge is 0.124 e. The summed E-state index contributed by atoms with van der Waals surface area (Å²) >= 11 is 7.90. The van der Waals surface area contributed by atoms with E-state index >= 15 is 0 Å². The Labute approximate surface area is 123 Å². The Hall–Kier alpha value is -1.03. The number of hydrogen-bond acceptors (Lipinski definition) is 3. The van der Waals surface area contributed by atoms with Gasteiger partial charge >= 0.3 is 0 Å². The van der Waals surface area contributed by atoms with Crippen LogP contribution in [-0.2, 0) is 0 Å². The van der Waals surface area contributed by atoms with E-state index in [0.717, 1.165) is 26.8 Å². The Balaban J connectivity index is 2.38. The van der Waals surface area contributed by atoms with Crippen molar-refractivity contribution in [2.24, 2.45) is 5.73 Å². The zero-order valence-electron chi connectivity index (χ0n) is 11.3. The van der Waals surface area contributed by atoms with Gasteiger partial charge in [-0.1, -0.05) is 29.8 Å². The average Bonchev–Trinajstić information content (AvgIpc) is 2.69. The van der Waals surface area contributed by atoms with Crippen molar-refractivity contribution in [1.29, 1.82) is 0 Å². The summed E-state index contributed by atoms with van der Waals surface area (Å²) in [6, 6.07) is 7.62. The Kier molecular flexibility index (Phi) is 4.50. The maximum Gasteiger partial charge on any atom is 0.124 e. The van der Waals surface area contributed by atoms with Gasteiger partial charge in [-0.2, -0.15) is 0 Å². The van der Waals surface area contributed by atoms with Crippen molar-refractivity contribution in [3.63, 3.8) is 0 Å². The third-order valence-electron chi connectivity index (χ3n) is 2.82. The van der Waals surface area contributed by atoms with Crippen LogP contribution in [-0.4, -0.2) is 6.10 Å². The molecule has 2 nitrogen and oxygen atoms in total. The summed E-state index contributed by atoms with van der Waals surface area (Å²) in [4.78, 5) is 0.985. The Morgan fingerprint density at radius 3 is 2.53 bits per heavy atom. The zero-order valence-corrected chi connectivity index (χ0v) is 12.9. The number of rotatable bonds is 4. The van der Waals surface area contributed by atoms with Crippen LogP contribution in [0.5, 0.6) is 5.75 Å². The van der Waals surface area contributed by atoms with Crippen LogP contribution >= 0.6 is 22.9 Å². The number of thiophene rings is 1. The van der Waals surface area contributed by atoms with Crippen molar-refractivity contribution in [1.82, 2.24) is 0 Å². The molecule has 0 spiro atoms. The van der Waals surface area contributed by atoms with Gasteiger partial charge in [0.05, 0.1) is 17.2 Å². The van der Waals surface area contributed by atoms with E-state index in [2.05, 4.69) is 0 Å². The van der Waals surface area contributed by atoms with E-state index in [9.17, 15) is 0 Å². The highest BCUT2D eigenvalue weighted by Gasteiger charge is 2.19. The fraction of sp³-hybridized carbons (Fsp3) is 0.333. The van der Waals surface area contributed by atoms with Gasteiger partial charge in [-0.3, -0.25) is 0 Å². The van der Waals surface area contributed by atoms with Gasteiger partial charge in [-0.05, 0) is 37.8 Å². The van der Waals surface area contributed by atoms with Crippen molar-refractivity contribution in [3.8, 4) is 5.75 Å². The molecule has 0 aliphatic carbocycles. The zero-order chi connectivity index (χ0) is 14.0. The molecule has 1 heterocycles. The summed E-state index contributed by atoms with van der Waals surface area (Å²) in [6.45, 7) is 6.00. The number of para-hydroxylation sites is 1. The summed E-state index contributed by atoms with van der Waals surface area (Å²) in [7, 11) is 0. The van der Waals surface area contributed by atoms with E-state index in [1.807, 2.05) is 50.4 Å². The summed E-state index contributed by atoms with van der Waals surface area (Å²) < 4.78 is 5.82. The van der Waals surface area contributed by atoms with Gasteiger partial charge in [0.25, 0.3) is 0 Å². The van der Waals surface area contributed by atoms with E-state index in [0.29, 0.717) is 0 Å². The van der Waals surface area contributed by atoms with Gasteiger partial charge < -0.3 is 10.5 Å². The van der Waals surface area contributed by atoms with Gasteiger partial charge in [0.1, 0.15) is 5.75 Å². The third kappa shape index (κ3) is 3.11. The number of aryl methyl sites for hydroxylation is 1. The number of benzene rings is 1. The van der Waals surface area contributed by atoms with Crippen LogP contribution in [0.2, 0.25) is 5.02 Å². The second kappa shape index (κ2) is 5.95. The monoisotopic (exact) mass is 295 g/mol. The molecule has 0 radical (unpaired) electrons. The average molecular weight is 296 g/mol. The lowest BCUT2D eigenvalue weighted by atomic mass is 10.0. The maximum absolute atomic E-state index is 6.35. The lowest BCUT2D eigenvalue weighted by molar-refractivity contribution is 0.239. The minimum absolute atomic E-state index is 0.119. The second-order valence-electron chi connectivity index (χ2n) is 4.78. The van der Waals surface area contributed by atoms with Gasteiger partial charge in [-0.15, -0.1) is 11.3 Å². The quantitative estimate of drug-likeness (QED) is 0.898. The molecule has 1 aromatic heterocycles. The summed E-state index contributed by atoms with van der Waals surface area (Å²) in [6.07, 6.45) is 0.119. The van der Waals surface area contributed by atoms with Crippen molar-refractivity contribution in [2.45, 2.75) is 32.9 Å². The molecule has 2 aromatic rings. The predicted octanol–water partition coefficient (Wildman–Crippen LogP) is 4.55. The van der Waals surface area contributed by atoms with Crippen molar-refractivity contribution in [3.05, 3.63) is 50.7 Å². The largest absolute Gasteiger partial charge is 0.491 e. The molecule has 0 aliphatic heterocycles. The van der Waals surface area contributed by atoms with Crippen LogP contribution in [0.3, 0.4) is 0 Å². The molecule has 4 heteroatoms. The summed E-state index contributed by atoms with van der Waals surface area (Å²) in [5.41, 5.74) is 8.39. The molecule has 1 unspecified atom stereocenters.